The van der Waals surface area contributed by atoms with Crippen LogP contribution in [0.5, 0.6) is 5.88 Å². The molecule has 2 rings (SSSR count). The monoisotopic (exact) mass is 194 g/mol. The van der Waals surface area contributed by atoms with Gasteiger partial charge in [-0.1, -0.05) is 25.7 Å². The molecule has 1 saturated carbocycles. The maximum Gasteiger partial charge on any atom is 0.232 e. The highest BCUT2D eigenvalue weighted by Crippen LogP contribution is 2.31. The van der Waals surface area contributed by atoms with E-state index in [-0.39, 0.29) is 5.88 Å². The molecule has 0 aliphatic heterocycles. The normalized spacial score (nSPS) is 19.5. The van der Waals surface area contributed by atoms with Crippen LogP contribution in [0.4, 0.5) is 0 Å². The maximum absolute atomic E-state index is 9.40. The molecule has 2 N–H and O–H groups in total. The average molecular weight is 194 g/mol. The van der Waals surface area contributed by atoms with E-state index in [4.69, 9.17) is 0 Å². The van der Waals surface area contributed by atoms with E-state index >= 15 is 0 Å². The Morgan fingerprint density at radius 3 is 2.36 bits per heavy atom. The summed E-state index contributed by atoms with van der Waals surface area (Å²) in [6.45, 7) is 1.86. The highest BCUT2D eigenvalue weighted by atomic mass is 16.3. The number of H-pyrrole nitrogens is 1. The predicted octanol–water partition coefficient (Wildman–Crippen LogP) is 2.86. The Kier molecular flexibility index (Phi) is 2.75. The number of aromatic amines is 1. The molecule has 78 valence electrons. The molecular formula is C11H18N2O. The Bertz CT molecular complexity index is 279. The summed E-state index contributed by atoms with van der Waals surface area (Å²) in [5, 5.41) is 9.40. The Labute approximate surface area is 84.6 Å². The van der Waals surface area contributed by atoms with Crippen LogP contribution in [-0.2, 0) is 0 Å². The van der Waals surface area contributed by atoms with Crippen LogP contribution in [0, 0.1) is 6.92 Å². The van der Waals surface area contributed by atoms with E-state index in [0.29, 0.717) is 5.92 Å². The van der Waals surface area contributed by atoms with Crippen molar-refractivity contribution in [1.82, 2.24) is 9.97 Å². The van der Waals surface area contributed by atoms with Gasteiger partial charge >= 0.3 is 0 Å². The first-order valence-electron chi connectivity index (χ1n) is 5.53. The van der Waals surface area contributed by atoms with Crippen LogP contribution in [0.1, 0.15) is 56.0 Å². The van der Waals surface area contributed by atoms with Crippen LogP contribution in [0.15, 0.2) is 0 Å². The highest BCUT2D eigenvalue weighted by molar-refractivity contribution is 5.19. The third-order valence-electron chi connectivity index (χ3n) is 3.12. The van der Waals surface area contributed by atoms with E-state index < -0.39 is 0 Å². The van der Waals surface area contributed by atoms with E-state index in [0.717, 1.165) is 11.5 Å². The Balaban J connectivity index is 2.12. The van der Waals surface area contributed by atoms with Gasteiger partial charge in [-0.15, -0.1) is 0 Å². The van der Waals surface area contributed by atoms with E-state index in [9.17, 15) is 5.11 Å². The topological polar surface area (TPSA) is 48.9 Å². The van der Waals surface area contributed by atoms with Gasteiger partial charge in [0.15, 0.2) is 0 Å². The molecule has 0 spiro atoms. The van der Waals surface area contributed by atoms with Crippen LogP contribution in [0.3, 0.4) is 0 Å². The lowest BCUT2D eigenvalue weighted by Crippen LogP contribution is -1.99. The number of aryl methyl sites for hydroxylation is 1. The molecule has 3 nitrogen and oxygen atoms in total. The molecule has 0 unspecified atom stereocenters. The van der Waals surface area contributed by atoms with E-state index in [2.05, 4.69) is 9.97 Å². The first-order valence-corrected chi connectivity index (χ1v) is 5.53. The quantitative estimate of drug-likeness (QED) is 0.675. The standard InChI is InChI=1S/C11H18N2O/c1-8-11(14)13-10(12-8)9-6-4-2-3-5-7-9/h9,14H,2-7H2,1H3,(H,12,13). The van der Waals surface area contributed by atoms with Crippen LogP contribution in [-0.4, -0.2) is 15.1 Å². The average Bonchev–Trinajstić information content (AvgIpc) is 2.46. The largest absolute Gasteiger partial charge is 0.492 e. The molecule has 1 aliphatic carbocycles. The van der Waals surface area contributed by atoms with Gasteiger partial charge in [-0.3, -0.25) is 0 Å². The van der Waals surface area contributed by atoms with Crippen molar-refractivity contribution in [2.24, 2.45) is 0 Å². The van der Waals surface area contributed by atoms with Crippen molar-refractivity contribution in [3.63, 3.8) is 0 Å². The van der Waals surface area contributed by atoms with Crippen molar-refractivity contribution in [2.75, 3.05) is 0 Å². The minimum absolute atomic E-state index is 0.171. The van der Waals surface area contributed by atoms with E-state index in [1.807, 2.05) is 6.92 Å². The zero-order chi connectivity index (χ0) is 9.97. The number of rotatable bonds is 1. The first-order chi connectivity index (χ1) is 6.77. The van der Waals surface area contributed by atoms with Crippen molar-refractivity contribution < 1.29 is 5.11 Å². The molecule has 1 aromatic rings. The molecule has 1 heterocycles. The summed E-state index contributed by atoms with van der Waals surface area (Å²) < 4.78 is 0. The lowest BCUT2D eigenvalue weighted by atomic mass is 10.00. The van der Waals surface area contributed by atoms with Crippen LogP contribution in [0.2, 0.25) is 0 Å². The zero-order valence-corrected chi connectivity index (χ0v) is 8.71. The van der Waals surface area contributed by atoms with Gasteiger partial charge in [-0.2, -0.15) is 4.98 Å². The van der Waals surface area contributed by atoms with Crippen molar-refractivity contribution in [1.29, 1.82) is 0 Å². The minimum atomic E-state index is 0.171. The van der Waals surface area contributed by atoms with Gasteiger partial charge in [0, 0.05) is 5.92 Å². The minimum Gasteiger partial charge on any atom is -0.492 e. The smallest absolute Gasteiger partial charge is 0.232 e. The highest BCUT2D eigenvalue weighted by Gasteiger charge is 2.18. The van der Waals surface area contributed by atoms with Crippen molar-refractivity contribution in [3.8, 4) is 5.88 Å². The molecule has 1 fully saturated rings. The van der Waals surface area contributed by atoms with E-state index in [1.165, 1.54) is 38.5 Å². The van der Waals surface area contributed by atoms with Gasteiger partial charge in [-0.05, 0) is 19.8 Å². The summed E-state index contributed by atoms with van der Waals surface area (Å²) in [5.74, 6) is 1.70. The van der Waals surface area contributed by atoms with Crippen molar-refractivity contribution in [2.45, 2.75) is 51.4 Å². The second-order valence-corrected chi connectivity index (χ2v) is 4.26. The number of hydrogen-bond donors (Lipinski definition) is 2. The number of aromatic nitrogens is 2. The zero-order valence-electron chi connectivity index (χ0n) is 8.71. The SMILES string of the molecule is Cc1[nH]c(C2CCCCCC2)nc1O. The predicted molar refractivity (Wildman–Crippen MR) is 55.4 cm³/mol. The van der Waals surface area contributed by atoms with Gasteiger partial charge < -0.3 is 10.1 Å². The maximum atomic E-state index is 9.40. The van der Waals surface area contributed by atoms with Crippen molar-refractivity contribution >= 4 is 0 Å². The molecule has 1 aromatic heterocycles. The Hall–Kier alpha value is -0.990. The molecule has 0 aromatic carbocycles. The number of nitrogens with one attached hydrogen (secondary N) is 1. The Morgan fingerprint density at radius 1 is 1.21 bits per heavy atom. The molecule has 3 heteroatoms. The fourth-order valence-electron chi connectivity index (χ4n) is 2.22. The number of hydrogen-bond acceptors (Lipinski definition) is 2. The molecule has 1 aliphatic rings. The van der Waals surface area contributed by atoms with Crippen LogP contribution >= 0.6 is 0 Å². The fourth-order valence-corrected chi connectivity index (χ4v) is 2.22. The van der Waals surface area contributed by atoms with Gasteiger partial charge in [-0.25, -0.2) is 0 Å². The summed E-state index contributed by atoms with van der Waals surface area (Å²) in [6, 6.07) is 0. The third kappa shape index (κ3) is 1.91. The van der Waals surface area contributed by atoms with Gasteiger partial charge in [0.05, 0.1) is 5.69 Å². The Morgan fingerprint density at radius 2 is 1.86 bits per heavy atom. The summed E-state index contributed by atoms with van der Waals surface area (Å²) in [6.07, 6.45) is 7.72. The summed E-state index contributed by atoms with van der Waals surface area (Å²) in [5.41, 5.74) is 0.796. The molecule has 0 bridgehead atoms. The summed E-state index contributed by atoms with van der Waals surface area (Å²) in [4.78, 5) is 7.36. The fraction of sp³-hybridized carbons (Fsp3) is 0.727. The summed E-state index contributed by atoms with van der Waals surface area (Å²) >= 11 is 0. The molecule has 0 saturated heterocycles. The third-order valence-corrected chi connectivity index (χ3v) is 3.12. The number of nitrogens with zero attached hydrogens (tertiary/aromatic N) is 1. The molecule has 0 atom stereocenters. The number of aromatic hydroxyl groups is 1. The molecule has 0 radical (unpaired) electrons. The molecule has 14 heavy (non-hydrogen) atoms. The van der Waals surface area contributed by atoms with E-state index in [1.54, 1.807) is 0 Å². The lowest BCUT2D eigenvalue weighted by Gasteiger charge is -2.09. The lowest BCUT2D eigenvalue weighted by molar-refractivity contribution is 0.448. The van der Waals surface area contributed by atoms with Crippen molar-refractivity contribution in [3.05, 3.63) is 11.5 Å². The number of imidazole rings is 1. The second-order valence-electron chi connectivity index (χ2n) is 4.26. The summed E-state index contributed by atoms with van der Waals surface area (Å²) in [7, 11) is 0. The van der Waals surface area contributed by atoms with Gasteiger partial charge in [0.1, 0.15) is 5.82 Å². The first kappa shape index (κ1) is 9.56. The van der Waals surface area contributed by atoms with Crippen LogP contribution < -0.4 is 0 Å². The van der Waals surface area contributed by atoms with Gasteiger partial charge in [0.25, 0.3) is 0 Å². The van der Waals surface area contributed by atoms with Crippen LogP contribution in [0.25, 0.3) is 0 Å². The molecular weight excluding hydrogens is 176 g/mol. The second kappa shape index (κ2) is 4.03. The van der Waals surface area contributed by atoms with Gasteiger partial charge in [0.2, 0.25) is 5.88 Å². The molecule has 0 amide bonds.